The van der Waals surface area contributed by atoms with Gasteiger partial charge in [0.2, 0.25) is 15.9 Å². The number of aromatic amines is 1. The van der Waals surface area contributed by atoms with Gasteiger partial charge in [0.25, 0.3) is 0 Å². The quantitative estimate of drug-likeness (QED) is 0.195. The summed E-state index contributed by atoms with van der Waals surface area (Å²) in [4.78, 5) is 45.4. The number of carbonyl (C=O) groups excluding carboxylic acids is 3. The molecule has 3 amide bonds. The summed E-state index contributed by atoms with van der Waals surface area (Å²) in [5.41, 5.74) is 6.67. The third kappa shape index (κ3) is 8.95. The standard InChI is InChI=1S/C31H48N6O6S/c1-21(24-19-33-25-10-6-5-9-23(24)25)27(28(38)34-26(11-7-8-14-32)29(39)43-31(2,3)4)35-30(40)36-15-17-37(18-16-36)44(41,42)20-22-12-13-22/h5-6,9-10,19,21-22,26-27,33H,7-8,11-18,20,32H2,1-4H3,(H,34,38)(H,35,40)/t21-,26?,27-/m1/s1. The Morgan fingerprint density at radius 3 is 2.39 bits per heavy atom. The molecule has 0 radical (unpaired) electrons. The molecule has 1 aromatic carbocycles. The van der Waals surface area contributed by atoms with Gasteiger partial charge in [0.05, 0.1) is 5.75 Å². The van der Waals surface area contributed by atoms with Crippen LogP contribution in [0.2, 0.25) is 0 Å². The predicted octanol–water partition coefficient (Wildman–Crippen LogP) is 2.66. The van der Waals surface area contributed by atoms with Crippen LogP contribution in [0.5, 0.6) is 0 Å². The molecule has 44 heavy (non-hydrogen) atoms. The fraction of sp³-hybridized carbons (Fsp3) is 0.645. The van der Waals surface area contributed by atoms with Gasteiger partial charge in [-0.05, 0) is 77.0 Å². The minimum absolute atomic E-state index is 0.160. The molecule has 3 atom stereocenters. The molecule has 1 saturated heterocycles. The van der Waals surface area contributed by atoms with Crippen molar-refractivity contribution in [1.29, 1.82) is 0 Å². The number of carbonyl (C=O) groups is 3. The van der Waals surface area contributed by atoms with Crippen LogP contribution in [0.15, 0.2) is 30.5 Å². The van der Waals surface area contributed by atoms with Crippen LogP contribution in [0, 0.1) is 5.92 Å². The number of rotatable bonds is 13. The monoisotopic (exact) mass is 632 g/mol. The third-order valence-electron chi connectivity index (χ3n) is 8.19. The van der Waals surface area contributed by atoms with Gasteiger partial charge in [-0.3, -0.25) is 4.79 Å². The number of ether oxygens (including phenoxy) is 1. The Bertz CT molecular complexity index is 1410. The molecule has 12 nitrogen and oxygen atoms in total. The molecule has 13 heteroatoms. The van der Waals surface area contributed by atoms with Crippen LogP contribution in [-0.4, -0.2) is 96.7 Å². The van der Waals surface area contributed by atoms with Crippen molar-refractivity contribution in [3.63, 3.8) is 0 Å². The number of nitrogens with zero attached hydrogens (tertiary/aromatic N) is 2. The first-order valence-electron chi connectivity index (χ1n) is 15.6. The number of hydrogen-bond donors (Lipinski definition) is 4. The number of benzene rings is 1. The fourth-order valence-electron chi connectivity index (χ4n) is 5.53. The van der Waals surface area contributed by atoms with Crippen LogP contribution in [0.4, 0.5) is 4.79 Å². The number of sulfonamides is 1. The van der Waals surface area contributed by atoms with Gasteiger partial charge in [-0.2, -0.15) is 4.31 Å². The number of piperazine rings is 1. The second-order valence-electron chi connectivity index (χ2n) is 13.0. The van der Waals surface area contributed by atoms with Crippen molar-refractivity contribution in [2.45, 2.75) is 83.4 Å². The maximum atomic E-state index is 14.0. The summed E-state index contributed by atoms with van der Waals surface area (Å²) < 4.78 is 32.6. The average molecular weight is 633 g/mol. The van der Waals surface area contributed by atoms with Crippen LogP contribution in [0.25, 0.3) is 10.9 Å². The van der Waals surface area contributed by atoms with E-state index >= 15 is 0 Å². The lowest BCUT2D eigenvalue weighted by atomic mass is 9.92. The van der Waals surface area contributed by atoms with Crippen LogP contribution in [-0.2, 0) is 24.3 Å². The van der Waals surface area contributed by atoms with Gasteiger partial charge in [0.1, 0.15) is 17.7 Å². The number of aromatic nitrogens is 1. The van der Waals surface area contributed by atoms with Crippen LogP contribution in [0.3, 0.4) is 0 Å². The maximum Gasteiger partial charge on any atom is 0.329 e. The molecule has 1 saturated carbocycles. The van der Waals surface area contributed by atoms with Crippen LogP contribution < -0.4 is 16.4 Å². The maximum absolute atomic E-state index is 14.0. The van der Waals surface area contributed by atoms with E-state index in [0.717, 1.165) is 29.3 Å². The zero-order valence-corrected chi connectivity index (χ0v) is 27.1. The summed E-state index contributed by atoms with van der Waals surface area (Å²) in [6, 6.07) is 5.30. The van der Waals surface area contributed by atoms with E-state index in [1.165, 1.54) is 9.21 Å². The molecule has 2 aliphatic rings. The molecule has 5 N–H and O–H groups in total. The van der Waals surface area contributed by atoms with E-state index in [1.54, 1.807) is 20.8 Å². The molecular weight excluding hydrogens is 584 g/mol. The molecule has 4 rings (SSSR count). The van der Waals surface area contributed by atoms with Crippen LogP contribution in [0.1, 0.15) is 71.3 Å². The Kier molecular flexibility index (Phi) is 11.0. The van der Waals surface area contributed by atoms with E-state index in [0.29, 0.717) is 25.8 Å². The molecule has 1 aliphatic carbocycles. The average Bonchev–Trinajstić information content (AvgIpc) is 3.67. The molecule has 244 valence electrons. The Hall–Kier alpha value is -3.16. The van der Waals surface area contributed by atoms with E-state index in [9.17, 15) is 22.8 Å². The van der Waals surface area contributed by atoms with E-state index in [2.05, 4.69) is 15.6 Å². The number of nitrogens with one attached hydrogen (secondary N) is 3. The Balaban J connectivity index is 1.52. The highest BCUT2D eigenvalue weighted by Gasteiger charge is 2.37. The van der Waals surface area contributed by atoms with Gasteiger partial charge in [-0.1, -0.05) is 25.1 Å². The normalized spacial score (nSPS) is 18.4. The number of para-hydroxylation sites is 1. The number of H-pyrrole nitrogens is 1. The summed E-state index contributed by atoms with van der Waals surface area (Å²) in [7, 11) is -3.36. The summed E-state index contributed by atoms with van der Waals surface area (Å²) >= 11 is 0. The number of nitrogens with two attached hydrogens (primary N) is 1. The molecule has 2 aromatic rings. The minimum atomic E-state index is -3.36. The Morgan fingerprint density at radius 1 is 1.07 bits per heavy atom. The highest BCUT2D eigenvalue weighted by molar-refractivity contribution is 7.89. The van der Waals surface area contributed by atoms with E-state index < -0.39 is 51.5 Å². The number of esters is 1. The number of fused-ring (bicyclic) bond motifs is 1. The van der Waals surface area contributed by atoms with Crippen molar-refractivity contribution in [2.75, 3.05) is 38.5 Å². The molecule has 1 aromatic heterocycles. The summed E-state index contributed by atoms with van der Waals surface area (Å²) in [6.07, 6.45) is 5.37. The van der Waals surface area contributed by atoms with Crippen molar-refractivity contribution in [3.8, 4) is 0 Å². The zero-order valence-electron chi connectivity index (χ0n) is 26.3. The van der Waals surface area contributed by atoms with Crippen molar-refractivity contribution < 1.29 is 27.5 Å². The SMILES string of the molecule is C[C@H](c1c[nH]c2ccccc12)[C@@H](NC(=O)N1CCN(S(=O)(=O)CC2CC2)CC1)C(=O)NC(CCCCN)C(=O)OC(C)(C)C. The lowest BCUT2D eigenvalue weighted by Gasteiger charge is -2.35. The molecule has 1 aliphatic heterocycles. The predicted molar refractivity (Wildman–Crippen MR) is 169 cm³/mol. The van der Waals surface area contributed by atoms with Crippen molar-refractivity contribution in [1.82, 2.24) is 24.8 Å². The topological polar surface area (TPSA) is 167 Å². The van der Waals surface area contributed by atoms with Crippen molar-refractivity contribution >= 4 is 38.8 Å². The summed E-state index contributed by atoms with van der Waals surface area (Å²) in [5.74, 6) is -1.13. The Morgan fingerprint density at radius 2 is 1.75 bits per heavy atom. The first kappa shape index (κ1) is 33.7. The third-order valence-corrected chi connectivity index (χ3v) is 10.2. The van der Waals surface area contributed by atoms with Gasteiger partial charge in [-0.25, -0.2) is 18.0 Å². The number of amides is 3. The molecular formula is C31H48N6O6S. The summed E-state index contributed by atoms with van der Waals surface area (Å²) in [6.45, 7) is 8.46. The van der Waals surface area contributed by atoms with Crippen molar-refractivity contribution in [2.24, 2.45) is 11.7 Å². The fourth-order valence-corrected chi connectivity index (χ4v) is 7.38. The van der Waals surface area contributed by atoms with Crippen molar-refractivity contribution in [3.05, 3.63) is 36.0 Å². The number of urea groups is 1. The minimum Gasteiger partial charge on any atom is -0.458 e. The molecule has 0 spiro atoms. The van der Waals surface area contributed by atoms with E-state index in [4.69, 9.17) is 10.5 Å². The Labute approximate surface area is 260 Å². The van der Waals surface area contributed by atoms with E-state index in [1.807, 2.05) is 37.4 Å². The highest BCUT2D eigenvalue weighted by Crippen LogP contribution is 2.31. The first-order chi connectivity index (χ1) is 20.8. The van der Waals surface area contributed by atoms with Crippen LogP contribution >= 0.6 is 0 Å². The highest BCUT2D eigenvalue weighted by atomic mass is 32.2. The van der Waals surface area contributed by atoms with Gasteiger partial charge >= 0.3 is 12.0 Å². The molecule has 2 heterocycles. The molecule has 1 unspecified atom stereocenters. The second-order valence-corrected chi connectivity index (χ2v) is 15.0. The summed E-state index contributed by atoms with van der Waals surface area (Å²) in [5, 5.41) is 6.70. The largest absolute Gasteiger partial charge is 0.458 e. The van der Waals surface area contributed by atoms with Gasteiger partial charge in [0.15, 0.2) is 0 Å². The lowest BCUT2D eigenvalue weighted by Crippen LogP contribution is -2.59. The van der Waals surface area contributed by atoms with Gasteiger partial charge in [-0.15, -0.1) is 0 Å². The smallest absolute Gasteiger partial charge is 0.329 e. The second kappa shape index (κ2) is 14.3. The number of hydrogen-bond acceptors (Lipinski definition) is 7. The van der Waals surface area contributed by atoms with Gasteiger partial charge < -0.3 is 31.0 Å². The van der Waals surface area contributed by atoms with E-state index in [-0.39, 0.29) is 37.8 Å². The number of unbranched alkanes of at least 4 members (excludes halogenated alkanes) is 1. The lowest BCUT2D eigenvalue weighted by molar-refractivity contribution is -0.159. The first-order valence-corrected chi connectivity index (χ1v) is 17.2. The molecule has 2 fully saturated rings. The zero-order chi connectivity index (χ0) is 32.1. The van der Waals surface area contributed by atoms with Gasteiger partial charge in [0, 0.05) is 49.2 Å². The molecule has 0 bridgehead atoms.